The van der Waals surface area contributed by atoms with E-state index in [0.29, 0.717) is 11.0 Å². The molecule has 1 spiro atoms. The summed E-state index contributed by atoms with van der Waals surface area (Å²) in [6.45, 7) is 0. The first-order chi connectivity index (χ1) is 7.23. The number of hydrogen-bond acceptors (Lipinski definition) is 1. The molecule has 2 nitrogen and oxygen atoms in total. The number of hydrogen-bond donors (Lipinski definition) is 1. The summed E-state index contributed by atoms with van der Waals surface area (Å²) in [5, 5.41) is 9.13. The fraction of sp³-hybridized carbons (Fsp3) is 0.462. The molecule has 0 saturated heterocycles. The summed E-state index contributed by atoms with van der Waals surface area (Å²) >= 11 is 0. The van der Waals surface area contributed by atoms with Crippen molar-refractivity contribution in [1.82, 2.24) is 0 Å². The van der Waals surface area contributed by atoms with Gasteiger partial charge in [0.25, 0.3) is 0 Å². The molecular formula is C13H14O2. The fourth-order valence-electron chi connectivity index (χ4n) is 2.96. The fourth-order valence-corrected chi connectivity index (χ4v) is 2.96. The second kappa shape index (κ2) is 2.84. The summed E-state index contributed by atoms with van der Waals surface area (Å²) in [5.41, 5.74) is 3.33. The Bertz CT molecular complexity index is 430. The zero-order valence-corrected chi connectivity index (χ0v) is 8.62. The van der Waals surface area contributed by atoms with Crippen molar-refractivity contribution in [3.8, 4) is 0 Å². The van der Waals surface area contributed by atoms with Crippen molar-refractivity contribution < 1.29 is 9.90 Å². The van der Waals surface area contributed by atoms with Crippen molar-refractivity contribution in [1.29, 1.82) is 0 Å². The highest BCUT2D eigenvalue weighted by Gasteiger charge is 2.47. The lowest BCUT2D eigenvalue weighted by molar-refractivity contribution is 0.0695. The molecule has 0 aliphatic heterocycles. The number of carbonyl (C=O) groups is 1. The van der Waals surface area contributed by atoms with Gasteiger partial charge in [0.05, 0.1) is 5.56 Å². The first-order valence-corrected chi connectivity index (χ1v) is 5.59. The zero-order valence-electron chi connectivity index (χ0n) is 8.62. The van der Waals surface area contributed by atoms with Crippen LogP contribution >= 0.6 is 0 Å². The van der Waals surface area contributed by atoms with E-state index in [4.69, 9.17) is 5.11 Å². The van der Waals surface area contributed by atoms with Gasteiger partial charge in [0.15, 0.2) is 0 Å². The molecule has 0 aromatic heterocycles. The highest BCUT2D eigenvalue weighted by molar-refractivity contribution is 5.90. The van der Waals surface area contributed by atoms with E-state index in [9.17, 15) is 4.79 Å². The van der Waals surface area contributed by atoms with E-state index in [1.165, 1.54) is 24.8 Å². The lowest BCUT2D eigenvalue weighted by atomic mass is 9.78. The summed E-state index contributed by atoms with van der Waals surface area (Å²) in [4.78, 5) is 11.1. The minimum atomic E-state index is -0.774. The molecule has 0 bridgehead atoms. The van der Waals surface area contributed by atoms with Crippen LogP contribution in [0.15, 0.2) is 18.2 Å². The van der Waals surface area contributed by atoms with Crippen LogP contribution in [0.25, 0.3) is 0 Å². The lowest BCUT2D eigenvalue weighted by Gasteiger charge is -2.26. The van der Waals surface area contributed by atoms with Gasteiger partial charge >= 0.3 is 5.97 Å². The lowest BCUT2D eigenvalue weighted by Crippen LogP contribution is -2.18. The smallest absolute Gasteiger partial charge is 0.335 e. The summed E-state index contributed by atoms with van der Waals surface area (Å²) < 4.78 is 0. The maximum absolute atomic E-state index is 11.1. The number of carboxylic acid groups (broad SMARTS) is 1. The molecule has 2 heteroatoms. The van der Waals surface area contributed by atoms with Crippen LogP contribution in [0, 0.1) is 0 Å². The van der Waals surface area contributed by atoms with Crippen LogP contribution in [-0.4, -0.2) is 11.1 Å². The van der Waals surface area contributed by atoms with E-state index in [-0.39, 0.29) is 0 Å². The topological polar surface area (TPSA) is 37.3 Å². The van der Waals surface area contributed by atoms with Gasteiger partial charge in [0.1, 0.15) is 0 Å². The molecule has 0 amide bonds. The standard InChI is InChI=1S/C13H14O2/c14-12(15)10-3-1-5-11-9(10)4-2-6-13(11)7-8-13/h1,3,5H,2,4,6-8H2,(H,14,15). The monoisotopic (exact) mass is 202 g/mol. The average molecular weight is 202 g/mol. The van der Waals surface area contributed by atoms with E-state index in [0.717, 1.165) is 18.4 Å². The molecule has 78 valence electrons. The van der Waals surface area contributed by atoms with Crippen molar-refractivity contribution in [2.24, 2.45) is 0 Å². The highest BCUT2D eigenvalue weighted by atomic mass is 16.4. The summed E-state index contributed by atoms with van der Waals surface area (Å²) in [6, 6.07) is 5.77. The van der Waals surface area contributed by atoms with Crippen LogP contribution in [0.3, 0.4) is 0 Å². The molecular weight excluding hydrogens is 188 g/mol. The third kappa shape index (κ3) is 1.21. The molecule has 1 fully saturated rings. The second-order valence-electron chi connectivity index (χ2n) is 4.77. The third-order valence-electron chi connectivity index (χ3n) is 3.91. The third-order valence-corrected chi connectivity index (χ3v) is 3.91. The van der Waals surface area contributed by atoms with Gasteiger partial charge in [-0.1, -0.05) is 12.1 Å². The molecule has 1 saturated carbocycles. The molecule has 0 radical (unpaired) electrons. The number of rotatable bonds is 1. The van der Waals surface area contributed by atoms with Gasteiger partial charge in [0, 0.05) is 0 Å². The van der Waals surface area contributed by atoms with Crippen LogP contribution in [0.1, 0.15) is 47.2 Å². The minimum absolute atomic E-state index is 0.374. The van der Waals surface area contributed by atoms with E-state index in [2.05, 4.69) is 6.07 Å². The molecule has 0 unspecified atom stereocenters. The molecule has 0 atom stereocenters. The zero-order chi connectivity index (χ0) is 10.5. The van der Waals surface area contributed by atoms with Gasteiger partial charge in [-0.05, 0) is 54.7 Å². The SMILES string of the molecule is O=C(O)c1cccc2c1CCCC21CC1. The first-order valence-electron chi connectivity index (χ1n) is 5.59. The summed E-state index contributed by atoms with van der Waals surface area (Å²) in [7, 11) is 0. The van der Waals surface area contributed by atoms with Crippen molar-refractivity contribution >= 4 is 5.97 Å². The predicted octanol–water partition coefficient (Wildman–Crippen LogP) is 2.75. The minimum Gasteiger partial charge on any atom is -0.478 e. The maximum Gasteiger partial charge on any atom is 0.335 e. The largest absolute Gasteiger partial charge is 0.478 e. The van der Waals surface area contributed by atoms with E-state index >= 15 is 0 Å². The molecule has 15 heavy (non-hydrogen) atoms. The van der Waals surface area contributed by atoms with Crippen molar-refractivity contribution in [2.45, 2.75) is 37.5 Å². The molecule has 3 rings (SSSR count). The maximum atomic E-state index is 11.1. The highest BCUT2D eigenvalue weighted by Crippen LogP contribution is 2.55. The van der Waals surface area contributed by atoms with Crippen LogP contribution in [0.5, 0.6) is 0 Å². The normalized spacial score (nSPS) is 21.1. The molecule has 1 N–H and O–H groups in total. The Labute approximate surface area is 88.9 Å². The number of aromatic carboxylic acids is 1. The van der Waals surface area contributed by atoms with Crippen molar-refractivity contribution in [3.05, 3.63) is 34.9 Å². The number of benzene rings is 1. The van der Waals surface area contributed by atoms with Crippen LogP contribution in [0.2, 0.25) is 0 Å². The number of fused-ring (bicyclic) bond motifs is 2. The van der Waals surface area contributed by atoms with Gasteiger partial charge < -0.3 is 5.11 Å². The molecule has 0 heterocycles. The van der Waals surface area contributed by atoms with Crippen LogP contribution in [0.4, 0.5) is 0 Å². The predicted molar refractivity (Wildman–Crippen MR) is 57.3 cm³/mol. The van der Waals surface area contributed by atoms with Crippen molar-refractivity contribution in [3.63, 3.8) is 0 Å². The van der Waals surface area contributed by atoms with Gasteiger partial charge in [0.2, 0.25) is 0 Å². The van der Waals surface area contributed by atoms with Gasteiger partial charge in [-0.2, -0.15) is 0 Å². The Morgan fingerprint density at radius 3 is 2.73 bits per heavy atom. The number of carboxylic acids is 1. The average Bonchev–Trinajstić information content (AvgIpc) is 2.98. The Kier molecular flexibility index (Phi) is 1.70. The first kappa shape index (κ1) is 8.96. The van der Waals surface area contributed by atoms with E-state index in [1.807, 2.05) is 6.07 Å². The van der Waals surface area contributed by atoms with Crippen molar-refractivity contribution in [2.75, 3.05) is 0 Å². The summed E-state index contributed by atoms with van der Waals surface area (Å²) in [6.07, 6.45) is 5.85. The Morgan fingerprint density at radius 1 is 1.27 bits per heavy atom. The van der Waals surface area contributed by atoms with Crippen LogP contribution in [-0.2, 0) is 11.8 Å². The Morgan fingerprint density at radius 2 is 2.07 bits per heavy atom. The van der Waals surface area contributed by atoms with E-state index in [1.54, 1.807) is 6.07 Å². The molecule has 1 aromatic carbocycles. The van der Waals surface area contributed by atoms with E-state index < -0.39 is 5.97 Å². The Balaban J connectivity index is 2.18. The van der Waals surface area contributed by atoms with Gasteiger partial charge in [-0.25, -0.2) is 4.79 Å². The molecule has 2 aliphatic rings. The second-order valence-corrected chi connectivity index (χ2v) is 4.77. The van der Waals surface area contributed by atoms with Gasteiger partial charge in [-0.3, -0.25) is 0 Å². The Hall–Kier alpha value is -1.31. The summed E-state index contributed by atoms with van der Waals surface area (Å²) in [5.74, 6) is -0.774. The molecule has 2 aliphatic carbocycles. The quantitative estimate of drug-likeness (QED) is 0.760. The molecule has 1 aromatic rings. The van der Waals surface area contributed by atoms with Gasteiger partial charge in [-0.15, -0.1) is 0 Å². The van der Waals surface area contributed by atoms with Crippen LogP contribution < -0.4 is 0 Å².